The summed E-state index contributed by atoms with van der Waals surface area (Å²) in [5.74, 6) is 0.958. The molecule has 1 aromatic heterocycles. The molecule has 0 saturated heterocycles. The largest absolute Gasteiger partial charge is 0.441 e. The molecular formula is C12H20N2O2. The maximum absolute atomic E-state index is 11.3. The van der Waals surface area contributed by atoms with Gasteiger partial charge in [-0.3, -0.25) is 9.09 Å². The molecule has 0 radical (unpaired) electrons. The Hall–Kier alpha value is -1.32. The van der Waals surface area contributed by atoms with E-state index in [0.29, 0.717) is 18.3 Å². The van der Waals surface area contributed by atoms with Gasteiger partial charge in [0.05, 0.1) is 6.54 Å². The van der Waals surface area contributed by atoms with Crippen molar-refractivity contribution in [3.05, 3.63) is 28.0 Å². The molecule has 1 aromatic rings. The number of aromatic nitrogens is 2. The normalized spacial score (nSPS) is 12.4. The Morgan fingerprint density at radius 3 is 2.75 bits per heavy atom. The van der Waals surface area contributed by atoms with Crippen molar-refractivity contribution >= 4 is 0 Å². The van der Waals surface area contributed by atoms with E-state index < -0.39 is 0 Å². The van der Waals surface area contributed by atoms with Gasteiger partial charge in [-0.2, -0.15) is 0 Å². The van der Waals surface area contributed by atoms with Crippen molar-refractivity contribution in [1.29, 1.82) is 0 Å². The first kappa shape index (κ1) is 12.7. The first-order chi connectivity index (χ1) is 7.50. The number of hydrogen-bond acceptors (Lipinski definition) is 3. The van der Waals surface area contributed by atoms with E-state index in [2.05, 4.69) is 29.6 Å². The number of nitrogens with zero attached hydrogens (tertiary/aromatic N) is 2. The van der Waals surface area contributed by atoms with Gasteiger partial charge in [-0.15, -0.1) is 0 Å². The second kappa shape index (κ2) is 5.68. The molecule has 0 N–H and O–H groups in total. The highest BCUT2D eigenvalue weighted by Crippen LogP contribution is 2.07. The molecule has 0 aliphatic rings. The van der Waals surface area contributed by atoms with Crippen molar-refractivity contribution in [2.24, 2.45) is 5.92 Å². The minimum atomic E-state index is -0.380. The van der Waals surface area contributed by atoms with E-state index in [1.54, 1.807) is 11.5 Å². The van der Waals surface area contributed by atoms with Crippen LogP contribution in [-0.4, -0.2) is 9.72 Å². The highest BCUT2D eigenvalue weighted by Gasteiger charge is 2.05. The monoisotopic (exact) mass is 224 g/mol. The van der Waals surface area contributed by atoms with Crippen LogP contribution in [0, 0.1) is 12.8 Å². The molecular weight excluding hydrogens is 204 g/mol. The van der Waals surface area contributed by atoms with Crippen molar-refractivity contribution in [3.63, 3.8) is 0 Å². The van der Waals surface area contributed by atoms with E-state index in [0.717, 1.165) is 6.42 Å². The van der Waals surface area contributed by atoms with Crippen molar-refractivity contribution in [3.8, 4) is 0 Å². The van der Waals surface area contributed by atoms with E-state index in [1.807, 2.05) is 6.92 Å². The molecule has 0 saturated carbocycles. The Kier molecular flexibility index (Phi) is 4.52. The minimum absolute atomic E-state index is 0.380. The third kappa shape index (κ3) is 3.68. The zero-order valence-electron chi connectivity index (χ0n) is 10.5. The summed E-state index contributed by atoms with van der Waals surface area (Å²) in [6.07, 6.45) is 4.41. The van der Waals surface area contributed by atoms with Gasteiger partial charge in [0.2, 0.25) is 0 Å². The fourth-order valence-corrected chi connectivity index (χ4v) is 1.49. The van der Waals surface area contributed by atoms with Crippen LogP contribution < -0.4 is 5.76 Å². The molecule has 0 spiro atoms. The Morgan fingerprint density at radius 2 is 2.25 bits per heavy atom. The van der Waals surface area contributed by atoms with E-state index >= 15 is 0 Å². The van der Waals surface area contributed by atoms with Crippen molar-refractivity contribution in [2.75, 3.05) is 0 Å². The standard InChI is InChI=1S/C12H20N2O2/c1-9(2)6-5-7-10(3)8-14-11(4)13-16-12(14)15/h7,9H,5-6,8H2,1-4H3/b10-7-. The Balaban J connectivity index is 2.57. The maximum atomic E-state index is 11.3. The molecule has 16 heavy (non-hydrogen) atoms. The summed E-state index contributed by atoms with van der Waals surface area (Å²) >= 11 is 0. The second-order valence-corrected chi connectivity index (χ2v) is 4.60. The SMILES string of the molecule is C/C(=C/CCC(C)C)Cn1c(C)noc1=O. The topological polar surface area (TPSA) is 48.0 Å². The molecule has 0 aliphatic heterocycles. The Morgan fingerprint density at radius 1 is 1.56 bits per heavy atom. The van der Waals surface area contributed by atoms with Gasteiger partial charge in [-0.25, -0.2) is 4.79 Å². The molecule has 0 aliphatic carbocycles. The predicted molar refractivity (Wildman–Crippen MR) is 63.3 cm³/mol. The number of hydrogen-bond donors (Lipinski definition) is 0. The average molecular weight is 224 g/mol. The summed E-state index contributed by atoms with van der Waals surface area (Å²) < 4.78 is 6.11. The smallest absolute Gasteiger partial charge is 0.296 e. The molecule has 0 atom stereocenters. The molecule has 1 heterocycles. The average Bonchev–Trinajstić information content (AvgIpc) is 2.49. The minimum Gasteiger partial charge on any atom is -0.296 e. The summed E-state index contributed by atoms with van der Waals surface area (Å²) in [5, 5.41) is 3.63. The Labute approximate surface area is 95.9 Å². The molecule has 0 amide bonds. The van der Waals surface area contributed by atoms with Gasteiger partial charge in [0.15, 0.2) is 5.82 Å². The highest BCUT2D eigenvalue weighted by molar-refractivity contribution is 4.99. The van der Waals surface area contributed by atoms with Crippen LogP contribution in [0.15, 0.2) is 21.0 Å². The van der Waals surface area contributed by atoms with Crippen molar-refractivity contribution in [2.45, 2.75) is 47.1 Å². The van der Waals surface area contributed by atoms with Gasteiger partial charge in [-0.05, 0) is 32.6 Å². The van der Waals surface area contributed by atoms with Crippen LogP contribution in [0.2, 0.25) is 0 Å². The lowest BCUT2D eigenvalue weighted by molar-refractivity contribution is 0.375. The number of allylic oxidation sites excluding steroid dienone is 2. The van der Waals surface area contributed by atoms with Crippen molar-refractivity contribution in [1.82, 2.24) is 9.72 Å². The van der Waals surface area contributed by atoms with Crippen LogP contribution in [0.1, 0.15) is 39.4 Å². The van der Waals surface area contributed by atoms with Crippen LogP contribution in [0.5, 0.6) is 0 Å². The van der Waals surface area contributed by atoms with Crippen LogP contribution in [-0.2, 0) is 6.54 Å². The molecule has 1 rings (SSSR count). The predicted octanol–water partition coefficient (Wildman–Crippen LogP) is 2.53. The summed E-state index contributed by atoms with van der Waals surface area (Å²) in [6.45, 7) is 8.79. The Bertz CT molecular complexity index is 413. The summed E-state index contributed by atoms with van der Waals surface area (Å²) in [4.78, 5) is 11.3. The summed E-state index contributed by atoms with van der Waals surface area (Å²) in [5.41, 5.74) is 1.18. The van der Waals surface area contributed by atoms with Gasteiger partial charge >= 0.3 is 5.76 Å². The fourth-order valence-electron chi connectivity index (χ4n) is 1.49. The molecule has 4 nitrogen and oxygen atoms in total. The van der Waals surface area contributed by atoms with E-state index in [-0.39, 0.29) is 5.76 Å². The van der Waals surface area contributed by atoms with E-state index in [1.165, 1.54) is 12.0 Å². The molecule has 90 valence electrons. The molecule has 0 unspecified atom stereocenters. The van der Waals surface area contributed by atoms with Gasteiger partial charge in [-0.1, -0.05) is 30.7 Å². The van der Waals surface area contributed by atoms with Gasteiger partial charge < -0.3 is 0 Å². The number of aryl methyl sites for hydroxylation is 1. The maximum Gasteiger partial charge on any atom is 0.441 e. The second-order valence-electron chi connectivity index (χ2n) is 4.60. The van der Waals surface area contributed by atoms with E-state index in [9.17, 15) is 4.79 Å². The summed E-state index contributed by atoms with van der Waals surface area (Å²) in [7, 11) is 0. The lowest BCUT2D eigenvalue weighted by atomic mass is 10.1. The molecule has 4 heteroatoms. The van der Waals surface area contributed by atoms with Crippen LogP contribution >= 0.6 is 0 Å². The lowest BCUT2D eigenvalue weighted by Gasteiger charge is -2.04. The van der Waals surface area contributed by atoms with Crippen molar-refractivity contribution < 1.29 is 4.52 Å². The van der Waals surface area contributed by atoms with Crippen LogP contribution in [0.3, 0.4) is 0 Å². The molecule has 0 aromatic carbocycles. The third-order valence-corrected chi connectivity index (χ3v) is 2.51. The van der Waals surface area contributed by atoms with Gasteiger partial charge in [0.25, 0.3) is 0 Å². The fraction of sp³-hybridized carbons (Fsp3) is 0.667. The zero-order chi connectivity index (χ0) is 12.1. The molecule has 0 bridgehead atoms. The van der Waals surface area contributed by atoms with E-state index in [4.69, 9.17) is 0 Å². The highest BCUT2D eigenvalue weighted by atomic mass is 16.5. The van der Waals surface area contributed by atoms with Crippen LogP contribution in [0.25, 0.3) is 0 Å². The van der Waals surface area contributed by atoms with Gasteiger partial charge in [0.1, 0.15) is 0 Å². The zero-order valence-corrected chi connectivity index (χ0v) is 10.5. The molecule has 0 fully saturated rings. The lowest BCUT2D eigenvalue weighted by Crippen LogP contribution is -2.16. The summed E-state index contributed by atoms with van der Waals surface area (Å²) in [6, 6.07) is 0. The number of rotatable bonds is 5. The van der Waals surface area contributed by atoms with Gasteiger partial charge in [0, 0.05) is 0 Å². The first-order valence-electron chi connectivity index (χ1n) is 5.69. The third-order valence-electron chi connectivity index (χ3n) is 2.51. The quantitative estimate of drug-likeness (QED) is 0.722. The van der Waals surface area contributed by atoms with Crippen LogP contribution in [0.4, 0.5) is 0 Å². The first-order valence-corrected chi connectivity index (χ1v) is 5.69.